The Bertz CT molecular complexity index is 809. The van der Waals surface area contributed by atoms with Crippen molar-refractivity contribution in [3.8, 4) is 0 Å². The van der Waals surface area contributed by atoms with Crippen LogP contribution >= 0.6 is 0 Å². The van der Waals surface area contributed by atoms with E-state index in [2.05, 4.69) is 15.6 Å². The highest BCUT2D eigenvalue weighted by Crippen LogP contribution is 2.17. The van der Waals surface area contributed by atoms with Crippen molar-refractivity contribution in [3.63, 3.8) is 0 Å². The van der Waals surface area contributed by atoms with Crippen molar-refractivity contribution in [3.05, 3.63) is 60.2 Å². The van der Waals surface area contributed by atoms with Gasteiger partial charge in [0.25, 0.3) is 0 Å². The zero-order valence-corrected chi connectivity index (χ0v) is 15.8. The van der Waals surface area contributed by atoms with Crippen LogP contribution in [0.5, 0.6) is 0 Å². The number of nitrogens with one attached hydrogen (secondary N) is 2. The molecule has 3 amide bonds. The largest absolute Gasteiger partial charge is 0.368 e. The van der Waals surface area contributed by atoms with Crippen LogP contribution in [-0.4, -0.2) is 54.0 Å². The average Bonchev–Trinajstić information content (AvgIpc) is 2.72. The van der Waals surface area contributed by atoms with Crippen molar-refractivity contribution in [2.24, 2.45) is 0 Å². The maximum Gasteiger partial charge on any atom is 0.321 e. The number of hydrogen-bond donors (Lipinski definition) is 2. The lowest BCUT2D eigenvalue weighted by molar-refractivity contribution is -0.124. The Morgan fingerprint density at radius 1 is 1.14 bits per heavy atom. The van der Waals surface area contributed by atoms with E-state index in [0.717, 1.165) is 11.3 Å². The minimum atomic E-state index is -0.509. The highest BCUT2D eigenvalue weighted by atomic mass is 19.1. The summed E-state index contributed by atoms with van der Waals surface area (Å²) < 4.78 is 13.3. The van der Waals surface area contributed by atoms with Gasteiger partial charge in [0.2, 0.25) is 5.91 Å². The van der Waals surface area contributed by atoms with Gasteiger partial charge in [0.15, 0.2) is 0 Å². The minimum absolute atomic E-state index is 0.341. The van der Waals surface area contributed by atoms with Crippen molar-refractivity contribution in [1.29, 1.82) is 0 Å². The van der Waals surface area contributed by atoms with Crippen LogP contribution in [0.1, 0.15) is 12.5 Å². The number of aromatic nitrogens is 1. The highest BCUT2D eigenvalue weighted by Gasteiger charge is 2.26. The number of carbonyl (C=O) groups is 2. The van der Waals surface area contributed by atoms with Crippen LogP contribution in [0, 0.1) is 5.82 Å². The van der Waals surface area contributed by atoms with E-state index >= 15 is 0 Å². The van der Waals surface area contributed by atoms with Gasteiger partial charge in [-0.3, -0.25) is 20.0 Å². The maximum atomic E-state index is 13.3. The van der Waals surface area contributed by atoms with Crippen molar-refractivity contribution in [1.82, 2.24) is 20.5 Å². The first-order valence-electron chi connectivity index (χ1n) is 9.25. The van der Waals surface area contributed by atoms with Crippen molar-refractivity contribution < 1.29 is 14.0 Å². The number of imide groups is 1. The Kier molecular flexibility index (Phi) is 6.54. The van der Waals surface area contributed by atoms with Gasteiger partial charge in [-0.05, 0) is 12.5 Å². The van der Waals surface area contributed by atoms with Gasteiger partial charge in [0, 0.05) is 38.8 Å². The minimum Gasteiger partial charge on any atom is -0.368 e. The van der Waals surface area contributed by atoms with Crippen LogP contribution in [0.2, 0.25) is 0 Å². The van der Waals surface area contributed by atoms with Crippen LogP contribution < -0.4 is 15.5 Å². The van der Waals surface area contributed by atoms with Gasteiger partial charge in [0.05, 0.1) is 24.1 Å². The van der Waals surface area contributed by atoms with E-state index in [1.807, 2.05) is 40.1 Å². The SMILES string of the molecule is C[C@@H](C(=O)NC(=O)NCc1ccccc1)N1CCN(c2cncc(F)c2)CC1. The molecule has 1 aromatic carbocycles. The summed E-state index contributed by atoms with van der Waals surface area (Å²) in [6, 6.07) is 10.00. The molecule has 2 heterocycles. The lowest BCUT2D eigenvalue weighted by Crippen LogP contribution is -2.55. The van der Waals surface area contributed by atoms with Crippen LogP contribution in [0.15, 0.2) is 48.8 Å². The molecule has 1 aromatic heterocycles. The zero-order chi connectivity index (χ0) is 19.9. The Labute approximate surface area is 163 Å². The number of urea groups is 1. The summed E-state index contributed by atoms with van der Waals surface area (Å²) in [7, 11) is 0. The van der Waals surface area contributed by atoms with Gasteiger partial charge in [-0.2, -0.15) is 0 Å². The summed E-state index contributed by atoms with van der Waals surface area (Å²) >= 11 is 0. The normalized spacial score (nSPS) is 15.7. The van der Waals surface area contributed by atoms with Gasteiger partial charge in [-0.25, -0.2) is 9.18 Å². The molecule has 1 aliphatic heterocycles. The summed E-state index contributed by atoms with van der Waals surface area (Å²) in [5.74, 6) is -0.708. The van der Waals surface area contributed by atoms with E-state index in [4.69, 9.17) is 0 Å². The standard InChI is InChI=1S/C20H24FN5O2/c1-15(19(27)24-20(28)23-12-16-5-3-2-4-6-16)25-7-9-26(10-8-25)18-11-17(21)13-22-14-18/h2-6,11,13-15H,7-10,12H2,1H3,(H2,23,24,27,28)/t15-/m0/s1. The molecule has 0 saturated carbocycles. The Hall–Kier alpha value is -3.00. The Morgan fingerprint density at radius 3 is 2.54 bits per heavy atom. The molecule has 8 heteroatoms. The Morgan fingerprint density at radius 2 is 1.86 bits per heavy atom. The fourth-order valence-corrected chi connectivity index (χ4v) is 3.15. The van der Waals surface area contributed by atoms with Crippen molar-refractivity contribution in [2.75, 3.05) is 31.1 Å². The van der Waals surface area contributed by atoms with Gasteiger partial charge in [-0.15, -0.1) is 0 Å². The van der Waals surface area contributed by atoms with E-state index in [1.54, 1.807) is 13.1 Å². The smallest absolute Gasteiger partial charge is 0.321 e. The van der Waals surface area contributed by atoms with Crippen LogP contribution in [0.3, 0.4) is 0 Å². The third-order valence-electron chi connectivity index (χ3n) is 4.83. The van der Waals surface area contributed by atoms with Gasteiger partial charge in [0.1, 0.15) is 5.82 Å². The molecule has 2 aromatic rings. The second kappa shape index (κ2) is 9.27. The first-order valence-corrected chi connectivity index (χ1v) is 9.25. The first kappa shape index (κ1) is 19.8. The molecule has 1 saturated heterocycles. The number of hydrogen-bond acceptors (Lipinski definition) is 5. The lowest BCUT2D eigenvalue weighted by Gasteiger charge is -2.38. The third-order valence-corrected chi connectivity index (χ3v) is 4.83. The number of benzene rings is 1. The van der Waals surface area contributed by atoms with Gasteiger partial charge >= 0.3 is 6.03 Å². The second-order valence-electron chi connectivity index (χ2n) is 6.72. The molecular weight excluding hydrogens is 361 g/mol. The number of rotatable bonds is 5. The molecule has 0 aliphatic carbocycles. The molecular formula is C20H24FN5O2. The second-order valence-corrected chi connectivity index (χ2v) is 6.72. The quantitative estimate of drug-likeness (QED) is 0.820. The number of anilines is 1. The summed E-state index contributed by atoms with van der Waals surface area (Å²) in [5, 5.41) is 5.08. The monoisotopic (exact) mass is 385 g/mol. The topological polar surface area (TPSA) is 77.6 Å². The van der Waals surface area contributed by atoms with E-state index in [1.165, 1.54) is 12.3 Å². The predicted molar refractivity (Wildman–Crippen MR) is 104 cm³/mol. The summed E-state index contributed by atoms with van der Waals surface area (Å²) in [6.45, 7) is 4.72. The number of nitrogens with zero attached hydrogens (tertiary/aromatic N) is 3. The number of halogens is 1. The molecule has 0 bridgehead atoms. The molecule has 0 radical (unpaired) electrons. The van der Waals surface area contributed by atoms with Crippen LogP contribution in [0.4, 0.5) is 14.9 Å². The van der Waals surface area contributed by atoms with E-state index in [0.29, 0.717) is 32.7 Å². The lowest BCUT2D eigenvalue weighted by atomic mass is 10.2. The highest BCUT2D eigenvalue weighted by molar-refractivity contribution is 5.96. The molecule has 1 atom stereocenters. The maximum absolute atomic E-state index is 13.3. The van der Waals surface area contributed by atoms with Gasteiger partial charge < -0.3 is 10.2 Å². The number of amides is 3. The molecule has 1 fully saturated rings. The molecule has 0 spiro atoms. The van der Waals surface area contributed by atoms with Crippen LogP contribution in [0.25, 0.3) is 0 Å². The van der Waals surface area contributed by atoms with Crippen LogP contribution in [-0.2, 0) is 11.3 Å². The Balaban J connectivity index is 1.44. The average molecular weight is 385 g/mol. The fourth-order valence-electron chi connectivity index (χ4n) is 3.15. The zero-order valence-electron chi connectivity index (χ0n) is 15.8. The molecule has 1 aliphatic rings. The molecule has 7 nitrogen and oxygen atoms in total. The predicted octanol–water partition coefficient (Wildman–Crippen LogP) is 1.76. The molecule has 28 heavy (non-hydrogen) atoms. The fraction of sp³-hybridized carbons (Fsp3) is 0.350. The summed E-state index contributed by atoms with van der Waals surface area (Å²) in [6.07, 6.45) is 2.81. The molecule has 148 valence electrons. The number of pyridine rings is 1. The summed E-state index contributed by atoms with van der Waals surface area (Å²) in [4.78, 5) is 32.3. The van der Waals surface area contributed by atoms with E-state index < -0.39 is 12.1 Å². The van der Waals surface area contributed by atoms with E-state index in [-0.39, 0.29) is 11.7 Å². The number of piperazine rings is 1. The molecule has 0 unspecified atom stereocenters. The van der Waals surface area contributed by atoms with Crippen molar-refractivity contribution >= 4 is 17.6 Å². The van der Waals surface area contributed by atoms with E-state index in [9.17, 15) is 14.0 Å². The number of carbonyl (C=O) groups excluding carboxylic acids is 2. The first-order chi connectivity index (χ1) is 13.5. The summed E-state index contributed by atoms with van der Waals surface area (Å²) in [5.41, 5.74) is 1.69. The van der Waals surface area contributed by atoms with Crippen molar-refractivity contribution in [2.45, 2.75) is 19.5 Å². The molecule has 3 rings (SSSR count). The van der Waals surface area contributed by atoms with Gasteiger partial charge in [-0.1, -0.05) is 30.3 Å². The third kappa shape index (κ3) is 5.26. The molecule has 2 N–H and O–H groups in total.